The number of nitrogens with zero attached hydrogens (tertiary/aromatic N) is 2. The van der Waals surface area contributed by atoms with Crippen LogP contribution in [-0.2, 0) is 21.7 Å². The van der Waals surface area contributed by atoms with Crippen LogP contribution in [0.3, 0.4) is 0 Å². The van der Waals surface area contributed by atoms with E-state index in [1.165, 1.54) is 82.3 Å². The number of fused-ring (bicyclic) bond motifs is 8. The van der Waals surface area contributed by atoms with Crippen molar-refractivity contribution in [3.8, 4) is 22.9 Å². The summed E-state index contributed by atoms with van der Waals surface area (Å²) in [7, 11) is 0. The van der Waals surface area contributed by atoms with Gasteiger partial charge in [-0.25, -0.2) is 0 Å². The lowest BCUT2D eigenvalue weighted by Crippen LogP contribution is -2.55. The highest BCUT2D eigenvalue weighted by Gasteiger charge is 2.33. The van der Waals surface area contributed by atoms with Crippen molar-refractivity contribution in [1.29, 1.82) is 0 Å². The molecule has 0 saturated heterocycles. The molecule has 7 aromatic carbocycles. The summed E-state index contributed by atoms with van der Waals surface area (Å²) >= 11 is 0. The first-order valence-corrected chi connectivity index (χ1v) is 22.5. The van der Waals surface area contributed by atoms with Gasteiger partial charge in [-0.2, -0.15) is 0 Å². The first-order valence-electron chi connectivity index (χ1n) is 22.5. The first-order chi connectivity index (χ1) is 29.3. The van der Waals surface area contributed by atoms with E-state index < -0.39 is 0 Å². The molecule has 0 saturated carbocycles. The zero-order chi connectivity index (χ0) is 43.7. The third-order valence-corrected chi connectivity index (χ3v) is 13.4. The highest BCUT2D eigenvalue weighted by Crippen LogP contribution is 2.41. The van der Waals surface area contributed by atoms with E-state index in [2.05, 4.69) is 232 Å². The molecule has 62 heavy (non-hydrogen) atoms. The second kappa shape index (κ2) is 13.8. The molecular weight excluding hydrogens is 751 g/mol. The third kappa shape index (κ3) is 6.57. The Labute approximate surface area is 368 Å². The lowest BCUT2D eigenvalue weighted by atomic mass is 9.36. The number of aromatic nitrogens is 2. The van der Waals surface area contributed by atoms with Crippen LogP contribution in [0.4, 0.5) is 0 Å². The van der Waals surface area contributed by atoms with Gasteiger partial charge in [0.1, 0.15) is 11.5 Å². The van der Waals surface area contributed by atoms with Gasteiger partial charge in [-0.05, 0) is 134 Å². The van der Waals surface area contributed by atoms with Gasteiger partial charge in [0, 0.05) is 32.9 Å². The van der Waals surface area contributed by atoms with Crippen LogP contribution in [0, 0.1) is 0 Å². The summed E-state index contributed by atoms with van der Waals surface area (Å²) < 4.78 is 11.7. The van der Waals surface area contributed by atoms with E-state index in [9.17, 15) is 0 Å². The molecule has 0 amide bonds. The molecule has 10 rings (SSSR count). The fourth-order valence-electron chi connectivity index (χ4n) is 9.78. The molecule has 0 fully saturated rings. The van der Waals surface area contributed by atoms with E-state index in [-0.39, 0.29) is 28.4 Å². The fourth-order valence-corrected chi connectivity index (χ4v) is 9.78. The largest absolute Gasteiger partial charge is 0.458 e. The lowest BCUT2D eigenvalue weighted by Gasteiger charge is -2.27. The third-order valence-electron chi connectivity index (χ3n) is 13.4. The Morgan fingerprint density at radius 1 is 0.355 bits per heavy atom. The fraction of sp³-hybridized carbons (Fsp3) is 0.276. The summed E-state index contributed by atoms with van der Waals surface area (Å²) in [6.07, 6.45) is 0. The minimum atomic E-state index is -0.0454. The van der Waals surface area contributed by atoms with E-state index in [0.29, 0.717) is 0 Å². The minimum Gasteiger partial charge on any atom is -0.458 e. The first kappa shape index (κ1) is 40.1. The van der Waals surface area contributed by atoms with Crippen LogP contribution in [0.5, 0.6) is 11.5 Å². The Kier molecular flexibility index (Phi) is 8.89. The zero-order valence-corrected chi connectivity index (χ0v) is 38.7. The molecule has 0 aliphatic carbocycles. The predicted molar refractivity (Wildman–Crippen MR) is 268 cm³/mol. The van der Waals surface area contributed by atoms with E-state index in [4.69, 9.17) is 4.74 Å². The van der Waals surface area contributed by atoms with Crippen molar-refractivity contribution >= 4 is 66.7 Å². The quantitative estimate of drug-likeness (QED) is 0.163. The van der Waals surface area contributed by atoms with Crippen molar-refractivity contribution in [1.82, 2.24) is 9.13 Å². The number of hydrogen-bond donors (Lipinski definition) is 0. The Bertz CT molecular complexity index is 2900. The highest BCUT2D eigenvalue weighted by atomic mass is 16.5. The lowest BCUT2D eigenvalue weighted by molar-refractivity contribution is 0.487. The molecule has 310 valence electrons. The molecule has 2 aromatic heterocycles. The van der Waals surface area contributed by atoms with Crippen LogP contribution in [0.2, 0.25) is 0 Å². The van der Waals surface area contributed by atoms with Crippen molar-refractivity contribution in [2.45, 2.75) is 105 Å². The van der Waals surface area contributed by atoms with E-state index >= 15 is 0 Å². The molecule has 4 heteroatoms. The van der Waals surface area contributed by atoms with Crippen LogP contribution in [-0.4, -0.2) is 15.8 Å². The van der Waals surface area contributed by atoms with Crippen molar-refractivity contribution in [3.05, 3.63) is 162 Å². The average Bonchev–Trinajstić information content (AvgIpc) is 3.73. The molecule has 0 atom stereocenters. The maximum atomic E-state index is 6.61. The van der Waals surface area contributed by atoms with Crippen molar-refractivity contribution < 1.29 is 4.74 Å². The number of hydrogen-bond acceptors (Lipinski definition) is 1. The maximum absolute atomic E-state index is 6.61. The van der Waals surface area contributed by atoms with Crippen molar-refractivity contribution in [2.75, 3.05) is 0 Å². The summed E-state index contributed by atoms with van der Waals surface area (Å²) in [6.45, 7) is 27.7. The van der Waals surface area contributed by atoms with Gasteiger partial charge in [-0.3, -0.25) is 0 Å². The molecule has 3 heterocycles. The van der Waals surface area contributed by atoms with Gasteiger partial charge in [0.25, 0.3) is 6.71 Å². The maximum Gasteiger partial charge on any atom is 0.251 e. The Morgan fingerprint density at radius 2 is 0.661 bits per heavy atom. The topological polar surface area (TPSA) is 19.1 Å². The molecule has 0 radical (unpaired) electrons. The summed E-state index contributed by atoms with van der Waals surface area (Å²) in [5.41, 5.74) is 16.1. The molecule has 0 unspecified atom stereocenters. The summed E-state index contributed by atoms with van der Waals surface area (Å²) in [5.74, 6) is 1.82. The SMILES string of the molecule is CC(C)(C)c1ccc2c(c1)c1cc(C(C)(C)C)ccc1n2-c1cc(B2c3ccccc3Oc3ccccc32)cc(-n2c3ccc(C(C)(C)C)cc3c3cc(C(C)(C)C)ccc32)c1. The Morgan fingerprint density at radius 3 is 0.968 bits per heavy atom. The summed E-state index contributed by atoms with van der Waals surface area (Å²) in [4.78, 5) is 0. The molecule has 0 bridgehead atoms. The van der Waals surface area contributed by atoms with Gasteiger partial charge < -0.3 is 13.9 Å². The van der Waals surface area contributed by atoms with Crippen molar-refractivity contribution in [3.63, 3.8) is 0 Å². The van der Waals surface area contributed by atoms with Crippen LogP contribution in [0.1, 0.15) is 105 Å². The molecule has 3 nitrogen and oxygen atoms in total. The highest BCUT2D eigenvalue weighted by molar-refractivity contribution is 6.97. The average molecular weight is 811 g/mol. The number of para-hydroxylation sites is 2. The number of benzene rings is 7. The van der Waals surface area contributed by atoms with Crippen LogP contribution >= 0.6 is 0 Å². The molecular formula is C58H59BN2O. The predicted octanol–water partition coefficient (Wildman–Crippen LogP) is 13.7. The smallest absolute Gasteiger partial charge is 0.251 e. The van der Waals surface area contributed by atoms with Crippen molar-refractivity contribution in [2.24, 2.45) is 0 Å². The molecule has 0 spiro atoms. The second-order valence-electron chi connectivity index (χ2n) is 22.0. The molecule has 1 aliphatic rings. The second-order valence-corrected chi connectivity index (χ2v) is 22.0. The van der Waals surface area contributed by atoms with E-state index in [1.807, 2.05) is 0 Å². The molecule has 1 aliphatic heterocycles. The van der Waals surface area contributed by atoms with Gasteiger partial charge in [-0.15, -0.1) is 0 Å². The normalized spacial score (nSPS) is 13.6. The minimum absolute atomic E-state index is 0.0113. The van der Waals surface area contributed by atoms with Gasteiger partial charge in [0.15, 0.2) is 0 Å². The van der Waals surface area contributed by atoms with Crippen LogP contribution in [0.15, 0.2) is 140 Å². The number of rotatable bonds is 3. The molecule has 9 aromatic rings. The van der Waals surface area contributed by atoms with Gasteiger partial charge in [-0.1, -0.05) is 149 Å². The van der Waals surface area contributed by atoms with E-state index in [0.717, 1.165) is 22.9 Å². The number of ether oxygens (including phenoxy) is 1. The summed E-state index contributed by atoms with van der Waals surface area (Å²) in [5, 5.41) is 5.14. The van der Waals surface area contributed by atoms with Crippen LogP contribution in [0.25, 0.3) is 55.0 Å². The zero-order valence-electron chi connectivity index (χ0n) is 38.7. The Hall–Kier alpha value is -6.00. The standard InChI is InChI=1S/C58H59BN2O/c1-55(2,3)36-21-25-49-43(29-36)44-30-37(56(4,5)6)22-26-50(44)60(49)41-33-40(59-47-17-13-15-19-53(47)62-54-20-16-14-18-48(54)59)34-42(35-41)61-51-27-23-38(57(7,8)9)31-45(51)46-32-39(58(10,11)12)24-28-52(46)61/h13-35H,1-12H3. The Balaban J connectivity index is 1.34. The van der Waals surface area contributed by atoms with Gasteiger partial charge >= 0.3 is 0 Å². The van der Waals surface area contributed by atoms with E-state index in [1.54, 1.807) is 0 Å². The molecule has 0 N–H and O–H groups in total. The van der Waals surface area contributed by atoms with Gasteiger partial charge in [0.05, 0.1) is 22.1 Å². The monoisotopic (exact) mass is 810 g/mol. The van der Waals surface area contributed by atoms with Crippen LogP contribution < -0.4 is 21.1 Å². The van der Waals surface area contributed by atoms with Gasteiger partial charge in [0.2, 0.25) is 0 Å². The summed E-state index contributed by atoms with van der Waals surface area (Å²) in [6, 6.07) is 53.1.